The number of carbonyl (C=O) groups is 1. The Labute approximate surface area is 129 Å². The Bertz CT molecular complexity index is 638. The molecule has 0 spiro atoms. The Hall–Kier alpha value is -2.34. The standard InChI is InChI=1S/C16H20N4O2/c1-12-11-15(18-19(12)2)16(21)17-13-3-5-14(6-4-13)20-7-9-22-10-8-20/h3-6,11H,7-10H2,1-2H3,(H,17,21). The molecule has 0 radical (unpaired) electrons. The minimum atomic E-state index is -0.192. The highest BCUT2D eigenvalue weighted by Crippen LogP contribution is 2.19. The van der Waals surface area contributed by atoms with Crippen LogP contribution in [-0.2, 0) is 11.8 Å². The van der Waals surface area contributed by atoms with E-state index in [9.17, 15) is 4.79 Å². The van der Waals surface area contributed by atoms with Gasteiger partial charge in [0, 0.05) is 37.2 Å². The molecule has 1 saturated heterocycles. The van der Waals surface area contributed by atoms with Crippen LogP contribution in [0.2, 0.25) is 0 Å². The number of amides is 1. The van der Waals surface area contributed by atoms with Gasteiger partial charge < -0.3 is 15.0 Å². The maximum absolute atomic E-state index is 12.2. The average Bonchev–Trinajstić information content (AvgIpc) is 2.88. The van der Waals surface area contributed by atoms with Crippen molar-refractivity contribution in [3.63, 3.8) is 0 Å². The van der Waals surface area contributed by atoms with Crippen LogP contribution in [0.4, 0.5) is 11.4 Å². The van der Waals surface area contributed by atoms with Crippen molar-refractivity contribution in [3.8, 4) is 0 Å². The van der Waals surface area contributed by atoms with E-state index in [0.717, 1.165) is 43.4 Å². The molecule has 6 nitrogen and oxygen atoms in total. The van der Waals surface area contributed by atoms with Gasteiger partial charge in [-0.3, -0.25) is 9.48 Å². The summed E-state index contributed by atoms with van der Waals surface area (Å²) >= 11 is 0. The zero-order valence-electron chi connectivity index (χ0n) is 12.9. The molecule has 0 saturated carbocycles. The van der Waals surface area contributed by atoms with Gasteiger partial charge in [0.15, 0.2) is 5.69 Å². The quantitative estimate of drug-likeness (QED) is 0.939. The number of ether oxygens (including phenoxy) is 1. The topological polar surface area (TPSA) is 59.4 Å². The first-order chi connectivity index (χ1) is 10.6. The molecule has 3 rings (SSSR count). The summed E-state index contributed by atoms with van der Waals surface area (Å²) < 4.78 is 7.04. The fraction of sp³-hybridized carbons (Fsp3) is 0.375. The van der Waals surface area contributed by atoms with Gasteiger partial charge in [-0.2, -0.15) is 5.10 Å². The maximum atomic E-state index is 12.2. The van der Waals surface area contributed by atoms with Crippen LogP contribution in [0.25, 0.3) is 0 Å². The lowest BCUT2D eigenvalue weighted by Crippen LogP contribution is -2.36. The van der Waals surface area contributed by atoms with Gasteiger partial charge in [0.05, 0.1) is 13.2 Å². The number of benzene rings is 1. The predicted octanol–water partition coefficient (Wildman–Crippen LogP) is 1.82. The lowest BCUT2D eigenvalue weighted by molar-refractivity contribution is 0.102. The molecule has 1 aromatic carbocycles. The van der Waals surface area contributed by atoms with E-state index < -0.39 is 0 Å². The highest BCUT2D eigenvalue weighted by atomic mass is 16.5. The van der Waals surface area contributed by atoms with Crippen molar-refractivity contribution < 1.29 is 9.53 Å². The predicted molar refractivity (Wildman–Crippen MR) is 85.4 cm³/mol. The highest BCUT2D eigenvalue weighted by molar-refractivity contribution is 6.03. The lowest BCUT2D eigenvalue weighted by atomic mass is 10.2. The van der Waals surface area contributed by atoms with Crippen molar-refractivity contribution in [2.45, 2.75) is 6.92 Å². The zero-order valence-corrected chi connectivity index (χ0v) is 12.9. The Morgan fingerprint density at radius 2 is 1.91 bits per heavy atom. The largest absolute Gasteiger partial charge is 0.378 e. The number of hydrogen-bond acceptors (Lipinski definition) is 4. The van der Waals surface area contributed by atoms with Crippen LogP contribution in [0.1, 0.15) is 16.2 Å². The number of nitrogens with one attached hydrogen (secondary N) is 1. The summed E-state index contributed by atoms with van der Waals surface area (Å²) in [6, 6.07) is 9.64. The second-order valence-electron chi connectivity index (χ2n) is 5.39. The van der Waals surface area contributed by atoms with Gasteiger partial charge in [0.1, 0.15) is 0 Å². The van der Waals surface area contributed by atoms with Crippen molar-refractivity contribution in [1.29, 1.82) is 0 Å². The van der Waals surface area contributed by atoms with Gasteiger partial charge in [-0.25, -0.2) is 0 Å². The molecule has 2 aromatic rings. The molecule has 22 heavy (non-hydrogen) atoms. The van der Waals surface area contributed by atoms with Crippen LogP contribution in [0.3, 0.4) is 0 Å². The van der Waals surface area contributed by atoms with E-state index >= 15 is 0 Å². The van der Waals surface area contributed by atoms with Crippen LogP contribution in [0.5, 0.6) is 0 Å². The number of aryl methyl sites for hydroxylation is 2. The van der Waals surface area contributed by atoms with Gasteiger partial charge in [0.2, 0.25) is 0 Å². The second-order valence-corrected chi connectivity index (χ2v) is 5.39. The molecule has 1 amide bonds. The molecule has 1 aromatic heterocycles. The summed E-state index contributed by atoms with van der Waals surface area (Å²) in [5.74, 6) is -0.192. The molecule has 1 fully saturated rings. The molecule has 6 heteroatoms. The van der Waals surface area contributed by atoms with Crippen molar-refractivity contribution in [1.82, 2.24) is 9.78 Å². The monoisotopic (exact) mass is 300 g/mol. The Kier molecular flexibility index (Phi) is 4.11. The van der Waals surface area contributed by atoms with E-state index in [0.29, 0.717) is 5.69 Å². The summed E-state index contributed by atoms with van der Waals surface area (Å²) in [4.78, 5) is 14.4. The van der Waals surface area contributed by atoms with E-state index in [4.69, 9.17) is 4.74 Å². The summed E-state index contributed by atoms with van der Waals surface area (Å²) in [6.07, 6.45) is 0. The van der Waals surface area contributed by atoms with Crippen LogP contribution >= 0.6 is 0 Å². The van der Waals surface area contributed by atoms with Crippen LogP contribution in [0.15, 0.2) is 30.3 Å². The summed E-state index contributed by atoms with van der Waals surface area (Å²) in [5.41, 5.74) is 3.30. The molecule has 0 atom stereocenters. The van der Waals surface area contributed by atoms with Crippen LogP contribution in [-0.4, -0.2) is 42.0 Å². The normalized spacial score (nSPS) is 14.9. The molecule has 1 aliphatic rings. The number of anilines is 2. The van der Waals surface area contributed by atoms with E-state index in [1.165, 1.54) is 0 Å². The van der Waals surface area contributed by atoms with Crippen LogP contribution in [0, 0.1) is 6.92 Å². The van der Waals surface area contributed by atoms with Crippen molar-refractivity contribution in [2.24, 2.45) is 7.05 Å². The first kappa shape index (κ1) is 14.6. The number of nitrogens with zero attached hydrogens (tertiary/aromatic N) is 3. The fourth-order valence-corrected chi connectivity index (χ4v) is 2.44. The third-order valence-corrected chi connectivity index (χ3v) is 3.85. The number of aromatic nitrogens is 2. The Morgan fingerprint density at radius 3 is 2.50 bits per heavy atom. The van der Waals surface area contributed by atoms with Gasteiger partial charge in [-0.15, -0.1) is 0 Å². The number of rotatable bonds is 3. The first-order valence-electron chi connectivity index (χ1n) is 7.38. The molecule has 116 valence electrons. The van der Waals surface area contributed by atoms with Gasteiger partial charge in [0.25, 0.3) is 5.91 Å². The van der Waals surface area contributed by atoms with Crippen molar-refractivity contribution in [3.05, 3.63) is 41.7 Å². The Morgan fingerprint density at radius 1 is 1.23 bits per heavy atom. The molecule has 0 unspecified atom stereocenters. The first-order valence-corrected chi connectivity index (χ1v) is 7.38. The minimum Gasteiger partial charge on any atom is -0.378 e. The van der Waals surface area contributed by atoms with E-state index in [-0.39, 0.29) is 5.91 Å². The van der Waals surface area contributed by atoms with E-state index in [1.54, 1.807) is 10.7 Å². The smallest absolute Gasteiger partial charge is 0.276 e. The van der Waals surface area contributed by atoms with E-state index in [1.807, 2.05) is 38.2 Å². The highest BCUT2D eigenvalue weighted by Gasteiger charge is 2.13. The molecule has 1 aliphatic heterocycles. The van der Waals surface area contributed by atoms with Gasteiger partial charge in [-0.1, -0.05) is 0 Å². The summed E-state index contributed by atoms with van der Waals surface area (Å²) in [6.45, 7) is 5.24. The fourth-order valence-electron chi connectivity index (χ4n) is 2.44. The zero-order chi connectivity index (χ0) is 15.5. The summed E-state index contributed by atoms with van der Waals surface area (Å²) in [7, 11) is 1.82. The minimum absolute atomic E-state index is 0.192. The molecular formula is C16H20N4O2. The van der Waals surface area contributed by atoms with Gasteiger partial charge >= 0.3 is 0 Å². The third-order valence-electron chi connectivity index (χ3n) is 3.85. The molecule has 0 bridgehead atoms. The molecule has 1 N–H and O–H groups in total. The third kappa shape index (κ3) is 3.12. The number of morpholine rings is 1. The molecule has 2 heterocycles. The molecule has 0 aliphatic carbocycles. The SMILES string of the molecule is Cc1cc(C(=O)Nc2ccc(N3CCOCC3)cc2)nn1C. The lowest BCUT2D eigenvalue weighted by Gasteiger charge is -2.28. The number of hydrogen-bond donors (Lipinski definition) is 1. The summed E-state index contributed by atoms with van der Waals surface area (Å²) in [5, 5.41) is 7.05. The number of carbonyl (C=O) groups excluding carboxylic acids is 1. The van der Waals surface area contributed by atoms with E-state index in [2.05, 4.69) is 15.3 Å². The van der Waals surface area contributed by atoms with Crippen LogP contribution < -0.4 is 10.2 Å². The van der Waals surface area contributed by atoms with Crippen molar-refractivity contribution >= 4 is 17.3 Å². The second kappa shape index (κ2) is 6.19. The maximum Gasteiger partial charge on any atom is 0.276 e. The van der Waals surface area contributed by atoms with Crippen molar-refractivity contribution in [2.75, 3.05) is 36.5 Å². The van der Waals surface area contributed by atoms with Gasteiger partial charge in [-0.05, 0) is 37.3 Å². The molecular weight excluding hydrogens is 280 g/mol. The Balaban J connectivity index is 1.66. The average molecular weight is 300 g/mol.